The molecule has 0 heterocycles. The van der Waals surface area contributed by atoms with Crippen molar-refractivity contribution in [3.8, 4) is 0 Å². The second-order valence-corrected chi connectivity index (χ2v) is 7.49. The van der Waals surface area contributed by atoms with Gasteiger partial charge in [-0.25, -0.2) is 0 Å². The monoisotopic (exact) mass is 258 g/mol. The Morgan fingerprint density at radius 1 is 1.28 bits per heavy atom. The largest absolute Gasteiger partial charge is 0.357 e. The van der Waals surface area contributed by atoms with E-state index < -0.39 is 12.0 Å². The van der Waals surface area contributed by atoms with E-state index in [2.05, 4.69) is 13.8 Å². The Kier molecular flexibility index (Phi) is 2.48. The molecule has 104 valence electrons. The summed E-state index contributed by atoms with van der Waals surface area (Å²) in [4.78, 5) is 0. The number of ether oxygens (including phenoxy) is 1. The van der Waals surface area contributed by atoms with E-state index in [0.29, 0.717) is 22.7 Å². The second-order valence-electron chi connectivity index (χ2n) is 7.49. The van der Waals surface area contributed by atoms with Gasteiger partial charge in [0, 0.05) is 5.92 Å². The van der Waals surface area contributed by atoms with Crippen molar-refractivity contribution >= 4 is 0 Å². The zero-order valence-corrected chi connectivity index (χ0v) is 11.8. The van der Waals surface area contributed by atoms with Gasteiger partial charge in [0.1, 0.15) is 0 Å². The first-order chi connectivity index (χ1) is 8.23. The zero-order chi connectivity index (χ0) is 13.3. The maximum atomic E-state index is 13.5. The van der Waals surface area contributed by atoms with Crippen LogP contribution in [-0.4, -0.2) is 12.7 Å². The summed E-state index contributed by atoms with van der Waals surface area (Å²) in [6, 6.07) is 0. The molecule has 3 saturated carbocycles. The van der Waals surface area contributed by atoms with E-state index in [1.165, 1.54) is 26.7 Å². The Morgan fingerprint density at radius 2 is 1.94 bits per heavy atom. The second kappa shape index (κ2) is 3.47. The summed E-state index contributed by atoms with van der Waals surface area (Å²) >= 11 is 0. The van der Waals surface area contributed by atoms with E-state index in [0.717, 1.165) is 12.3 Å². The summed E-state index contributed by atoms with van der Waals surface area (Å²) in [6.45, 7) is 7.98. The van der Waals surface area contributed by atoms with Gasteiger partial charge in [0.25, 0.3) is 0 Å². The molecule has 0 saturated heterocycles. The molecule has 0 bridgehead atoms. The summed E-state index contributed by atoms with van der Waals surface area (Å²) in [6.07, 6.45) is 0.587. The number of hydrogen-bond donors (Lipinski definition) is 0. The van der Waals surface area contributed by atoms with Crippen LogP contribution in [0.3, 0.4) is 0 Å². The smallest absolute Gasteiger partial charge is 0.320 e. The predicted octanol–water partition coefficient (Wildman–Crippen LogP) is 4.32. The molecule has 1 nitrogen and oxygen atoms in total. The molecular weight excluding hydrogens is 234 g/mol. The van der Waals surface area contributed by atoms with Gasteiger partial charge in [-0.1, -0.05) is 27.7 Å². The fraction of sp³-hybridized carbons (Fsp3) is 1.00. The molecule has 4 atom stereocenters. The van der Waals surface area contributed by atoms with Gasteiger partial charge in [0.05, 0.1) is 6.61 Å². The quantitative estimate of drug-likeness (QED) is 0.729. The van der Waals surface area contributed by atoms with Crippen molar-refractivity contribution in [1.29, 1.82) is 0 Å². The fourth-order valence-corrected chi connectivity index (χ4v) is 4.82. The highest BCUT2D eigenvalue weighted by Gasteiger charge is 2.84. The van der Waals surface area contributed by atoms with Crippen molar-refractivity contribution in [1.82, 2.24) is 0 Å². The Bertz CT molecular complexity index is 364. The molecule has 0 N–H and O–H groups in total. The van der Waals surface area contributed by atoms with Crippen LogP contribution < -0.4 is 0 Å². The molecule has 0 aliphatic heterocycles. The van der Waals surface area contributed by atoms with Gasteiger partial charge in [0.2, 0.25) is 0 Å². The van der Waals surface area contributed by atoms with E-state index in [-0.39, 0.29) is 6.61 Å². The van der Waals surface area contributed by atoms with Gasteiger partial charge in [-0.05, 0) is 47.8 Å². The first kappa shape index (κ1) is 12.8. The number of halogens is 2. The van der Waals surface area contributed by atoms with Crippen LogP contribution in [0.5, 0.6) is 0 Å². The van der Waals surface area contributed by atoms with Gasteiger partial charge in [-0.15, -0.1) is 0 Å². The number of rotatable bonds is 4. The lowest BCUT2D eigenvalue weighted by molar-refractivity contribution is -0.271. The predicted molar refractivity (Wildman–Crippen MR) is 66.3 cm³/mol. The number of alkyl halides is 2. The highest BCUT2D eigenvalue weighted by molar-refractivity contribution is 5.31. The maximum Gasteiger partial charge on any atom is 0.357 e. The molecule has 3 aliphatic carbocycles. The van der Waals surface area contributed by atoms with E-state index in [1.54, 1.807) is 0 Å². The average Bonchev–Trinajstić information content (AvgIpc) is 3.10. The normalized spacial score (nSPS) is 44.5. The van der Waals surface area contributed by atoms with Crippen LogP contribution in [0.15, 0.2) is 0 Å². The lowest BCUT2D eigenvalue weighted by Crippen LogP contribution is -2.31. The van der Waals surface area contributed by atoms with Gasteiger partial charge in [0.15, 0.2) is 0 Å². The van der Waals surface area contributed by atoms with Crippen molar-refractivity contribution in [3.63, 3.8) is 0 Å². The Morgan fingerprint density at radius 3 is 2.56 bits per heavy atom. The Labute approximate surface area is 108 Å². The van der Waals surface area contributed by atoms with E-state index in [4.69, 9.17) is 4.74 Å². The Hall–Kier alpha value is -0.180. The summed E-state index contributed by atoms with van der Waals surface area (Å²) in [5, 5.41) is 0. The summed E-state index contributed by atoms with van der Waals surface area (Å²) < 4.78 is 31.9. The summed E-state index contributed by atoms with van der Waals surface area (Å²) in [5.41, 5.74) is 0.985. The van der Waals surface area contributed by atoms with E-state index in [9.17, 15) is 8.78 Å². The molecule has 0 aromatic rings. The van der Waals surface area contributed by atoms with Crippen LogP contribution in [-0.2, 0) is 4.74 Å². The van der Waals surface area contributed by atoms with Crippen molar-refractivity contribution < 1.29 is 13.5 Å². The van der Waals surface area contributed by atoms with Crippen LogP contribution >= 0.6 is 0 Å². The average molecular weight is 258 g/mol. The van der Waals surface area contributed by atoms with Crippen molar-refractivity contribution in [3.05, 3.63) is 0 Å². The molecular formula is C15H24F2O. The molecule has 4 unspecified atom stereocenters. The van der Waals surface area contributed by atoms with Crippen molar-refractivity contribution in [2.45, 2.75) is 53.1 Å². The molecule has 3 fully saturated rings. The number of hydrogen-bond acceptors (Lipinski definition) is 1. The molecule has 0 aromatic heterocycles. The summed E-state index contributed by atoms with van der Waals surface area (Å²) in [7, 11) is 0. The van der Waals surface area contributed by atoms with Crippen LogP contribution in [0.4, 0.5) is 8.78 Å². The SMILES string of the molecule is CC(C)C(F)(F)OCC1CCC2C(C)(C)C23CC13. The molecule has 3 rings (SSSR count). The van der Waals surface area contributed by atoms with Crippen molar-refractivity contribution in [2.24, 2.45) is 34.5 Å². The first-order valence-electron chi connectivity index (χ1n) is 7.25. The van der Waals surface area contributed by atoms with E-state index >= 15 is 0 Å². The van der Waals surface area contributed by atoms with Gasteiger partial charge < -0.3 is 4.74 Å². The molecule has 18 heavy (non-hydrogen) atoms. The van der Waals surface area contributed by atoms with Gasteiger partial charge in [-0.3, -0.25) is 0 Å². The third kappa shape index (κ3) is 1.46. The molecule has 3 heteroatoms. The highest BCUT2D eigenvalue weighted by Crippen LogP contribution is 2.89. The van der Waals surface area contributed by atoms with Crippen LogP contribution in [0.1, 0.15) is 47.0 Å². The maximum absolute atomic E-state index is 13.5. The zero-order valence-electron chi connectivity index (χ0n) is 11.8. The van der Waals surface area contributed by atoms with Crippen LogP contribution in [0.2, 0.25) is 0 Å². The minimum Gasteiger partial charge on any atom is -0.320 e. The molecule has 0 amide bonds. The molecule has 0 radical (unpaired) electrons. The van der Waals surface area contributed by atoms with Gasteiger partial charge >= 0.3 is 6.11 Å². The van der Waals surface area contributed by atoms with Crippen LogP contribution in [0.25, 0.3) is 0 Å². The summed E-state index contributed by atoms with van der Waals surface area (Å²) in [5.74, 6) is 1.15. The van der Waals surface area contributed by atoms with Gasteiger partial charge in [-0.2, -0.15) is 8.78 Å². The standard InChI is InChI=1S/C15H24F2O/c1-9(2)15(16,17)18-8-10-5-6-12-13(3,4)14(12)7-11(10)14/h9-12H,5-8H2,1-4H3. The molecule has 0 aromatic carbocycles. The van der Waals surface area contributed by atoms with Crippen molar-refractivity contribution in [2.75, 3.05) is 6.61 Å². The fourth-order valence-electron chi connectivity index (χ4n) is 4.82. The Balaban J connectivity index is 1.58. The van der Waals surface area contributed by atoms with E-state index in [1.807, 2.05) is 0 Å². The lowest BCUT2D eigenvalue weighted by atomic mass is 9.90. The topological polar surface area (TPSA) is 9.23 Å². The first-order valence-corrected chi connectivity index (χ1v) is 7.25. The minimum atomic E-state index is -2.96. The van der Waals surface area contributed by atoms with Crippen LogP contribution in [0, 0.1) is 34.5 Å². The third-order valence-corrected chi connectivity index (χ3v) is 6.23. The highest BCUT2D eigenvalue weighted by atomic mass is 19.3. The third-order valence-electron chi connectivity index (χ3n) is 6.23. The molecule has 3 aliphatic rings. The minimum absolute atomic E-state index is 0.250. The molecule has 1 spiro atoms. The lowest BCUT2D eigenvalue weighted by Gasteiger charge is -2.26.